The Balaban J connectivity index is 1.91. The van der Waals surface area contributed by atoms with Gasteiger partial charge >= 0.3 is 0 Å². The SMILES string of the molecule is NCc1ccc(OCC2CCCO2)cc1F. The van der Waals surface area contributed by atoms with Gasteiger partial charge in [-0.25, -0.2) is 4.39 Å². The van der Waals surface area contributed by atoms with E-state index in [1.165, 1.54) is 6.07 Å². The van der Waals surface area contributed by atoms with E-state index in [2.05, 4.69) is 0 Å². The molecule has 0 amide bonds. The third-order valence-electron chi connectivity index (χ3n) is 2.70. The number of halogens is 1. The Bertz CT molecular complexity index is 351. The second-order valence-electron chi connectivity index (χ2n) is 3.90. The smallest absolute Gasteiger partial charge is 0.131 e. The molecule has 4 heteroatoms. The fraction of sp³-hybridized carbons (Fsp3) is 0.500. The largest absolute Gasteiger partial charge is 0.491 e. The molecule has 1 aliphatic rings. The van der Waals surface area contributed by atoms with Crippen LogP contribution in [-0.4, -0.2) is 19.3 Å². The number of hydrogen-bond donors (Lipinski definition) is 1. The van der Waals surface area contributed by atoms with Crippen molar-refractivity contribution in [2.75, 3.05) is 13.2 Å². The Hall–Kier alpha value is -1.13. The average Bonchev–Trinajstić information content (AvgIpc) is 2.79. The highest BCUT2D eigenvalue weighted by atomic mass is 19.1. The molecule has 1 aromatic rings. The maximum Gasteiger partial charge on any atom is 0.131 e. The van der Waals surface area contributed by atoms with E-state index in [9.17, 15) is 4.39 Å². The van der Waals surface area contributed by atoms with Crippen LogP contribution < -0.4 is 10.5 Å². The van der Waals surface area contributed by atoms with Crippen molar-refractivity contribution in [3.05, 3.63) is 29.6 Å². The van der Waals surface area contributed by atoms with E-state index in [1.807, 2.05) is 0 Å². The second-order valence-corrected chi connectivity index (χ2v) is 3.90. The summed E-state index contributed by atoms with van der Waals surface area (Å²) in [6, 6.07) is 4.76. The first-order valence-electron chi connectivity index (χ1n) is 5.52. The van der Waals surface area contributed by atoms with Crippen molar-refractivity contribution >= 4 is 0 Å². The van der Waals surface area contributed by atoms with Crippen molar-refractivity contribution in [3.63, 3.8) is 0 Å². The molecule has 0 spiro atoms. The molecule has 2 N–H and O–H groups in total. The van der Waals surface area contributed by atoms with E-state index in [1.54, 1.807) is 12.1 Å². The molecular formula is C12H16FNO2. The van der Waals surface area contributed by atoms with Crippen molar-refractivity contribution in [2.45, 2.75) is 25.5 Å². The van der Waals surface area contributed by atoms with Gasteiger partial charge in [-0.3, -0.25) is 0 Å². The first kappa shape index (κ1) is 11.4. The van der Waals surface area contributed by atoms with Gasteiger partial charge in [-0.15, -0.1) is 0 Å². The van der Waals surface area contributed by atoms with E-state index in [-0.39, 0.29) is 18.5 Å². The van der Waals surface area contributed by atoms with Gasteiger partial charge in [-0.05, 0) is 18.9 Å². The standard InChI is InChI=1S/C12H16FNO2/c13-12-6-10(4-3-9(12)7-14)16-8-11-2-1-5-15-11/h3-4,6,11H,1-2,5,7-8,14H2. The fourth-order valence-corrected chi connectivity index (χ4v) is 1.75. The molecule has 1 fully saturated rings. The molecule has 1 saturated heterocycles. The van der Waals surface area contributed by atoms with E-state index in [0.717, 1.165) is 19.4 Å². The zero-order valence-corrected chi connectivity index (χ0v) is 9.12. The Morgan fingerprint density at radius 3 is 3.00 bits per heavy atom. The Kier molecular flexibility index (Phi) is 3.74. The third-order valence-corrected chi connectivity index (χ3v) is 2.70. The van der Waals surface area contributed by atoms with Gasteiger partial charge in [-0.1, -0.05) is 6.07 Å². The van der Waals surface area contributed by atoms with Gasteiger partial charge < -0.3 is 15.2 Å². The van der Waals surface area contributed by atoms with E-state index in [4.69, 9.17) is 15.2 Å². The molecule has 16 heavy (non-hydrogen) atoms. The van der Waals surface area contributed by atoms with Crippen LogP contribution in [0, 0.1) is 5.82 Å². The molecule has 88 valence electrons. The van der Waals surface area contributed by atoms with Gasteiger partial charge in [0.25, 0.3) is 0 Å². The molecule has 1 aliphatic heterocycles. The molecule has 0 saturated carbocycles. The topological polar surface area (TPSA) is 44.5 Å². The molecule has 0 bridgehead atoms. The molecular weight excluding hydrogens is 209 g/mol. The molecule has 3 nitrogen and oxygen atoms in total. The van der Waals surface area contributed by atoms with Crippen LogP contribution in [0.1, 0.15) is 18.4 Å². The van der Waals surface area contributed by atoms with Gasteiger partial charge in [-0.2, -0.15) is 0 Å². The minimum Gasteiger partial charge on any atom is -0.491 e. The highest BCUT2D eigenvalue weighted by molar-refractivity contribution is 5.28. The van der Waals surface area contributed by atoms with E-state index in [0.29, 0.717) is 17.9 Å². The number of ether oxygens (including phenoxy) is 2. The van der Waals surface area contributed by atoms with Gasteiger partial charge in [0.15, 0.2) is 0 Å². The predicted octanol–water partition coefficient (Wildman–Crippen LogP) is 1.84. The molecule has 0 aromatic heterocycles. The lowest BCUT2D eigenvalue weighted by molar-refractivity contribution is 0.0678. The van der Waals surface area contributed by atoms with Gasteiger partial charge in [0.05, 0.1) is 6.10 Å². The van der Waals surface area contributed by atoms with Crippen LogP contribution in [0.3, 0.4) is 0 Å². The molecule has 2 rings (SSSR count). The summed E-state index contributed by atoms with van der Waals surface area (Å²) in [6.07, 6.45) is 2.25. The van der Waals surface area contributed by atoms with Crippen LogP contribution in [0.25, 0.3) is 0 Å². The molecule has 1 unspecified atom stereocenters. The zero-order chi connectivity index (χ0) is 11.4. The van der Waals surface area contributed by atoms with Crippen molar-refractivity contribution in [1.29, 1.82) is 0 Å². The maximum absolute atomic E-state index is 13.4. The average molecular weight is 225 g/mol. The summed E-state index contributed by atoms with van der Waals surface area (Å²) in [5.41, 5.74) is 5.88. The van der Waals surface area contributed by atoms with Crippen molar-refractivity contribution in [2.24, 2.45) is 5.73 Å². The number of rotatable bonds is 4. The minimum absolute atomic E-state index is 0.150. The van der Waals surface area contributed by atoms with Crippen LogP contribution in [0.2, 0.25) is 0 Å². The highest BCUT2D eigenvalue weighted by Crippen LogP contribution is 2.18. The molecule has 0 aliphatic carbocycles. The molecule has 0 radical (unpaired) electrons. The lowest BCUT2D eigenvalue weighted by Crippen LogP contribution is -2.16. The van der Waals surface area contributed by atoms with Gasteiger partial charge in [0.1, 0.15) is 18.2 Å². The molecule has 1 atom stereocenters. The van der Waals surface area contributed by atoms with Crippen molar-refractivity contribution in [1.82, 2.24) is 0 Å². The molecule has 1 aromatic carbocycles. The summed E-state index contributed by atoms with van der Waals surface area (Å²) in [5.74, 6) is 0.220. The summed E-state index contributed by atoms with van der Waals surface area (Å²) in [7, 11) is 0. The van der Waals surface area contributed by atoms with Gasteiger partial charge in [0.2, 0.25) is 0 Å². The number of hydrogen-bond acceptors (Lipinski definition) is 3. The van der Waals surface area contributed by atoms with Crippen LogP contribution in [0.4, 0.5) is 4.39 Å². The number of nitrogens with two attached hydrogens (primary N) is 1. The predicted molar refractivity (Wildman–Crippen MR) is 58.8 cm³/mol. The maximum atomic E-state index is 13.4. The van der Waals surface area contributed by atoms with Crippen molar-refractivity contribution < 1.29 is 13.9 Å². The van der Waals surface area contributed by atoms with E-state index >= 15 is 0 Å². The Morgan fingerprint density at radius 1 is 1.50 bits per heavy atom. The summed E-state index contributed by atoms with van der Waals surface area (Å²) >= 11 is 0. The first-order valence-corrected chi connectivity index (χ1v) is 5.52. The lowest BCUT2D eigenvalue weighted by atomic mass is 10.2. The van der Waals surface area contributed by atoms with Gasteiger partial charge in [0, 0.05) is 24.8 Å². The fourth-order valence-electron chi connectivity index (χ4n) is 1.75. The third kappa shape index (κ3) is 2.71. The molecule has 1 heterocycles. The monoisotopic (exact) mass is 225 g/mol. The summed E-state index contributed by atoms with van der Waals surface area (Å²) in [4.78, 5) is 0. The Labute approximate surface area is 94.3 Å². The summed E-state index contributed by atoms with van der Waals surface area (Å²) < 4.78 is 24.2. The highest BCUT2D eigenvalue weighted by Gasteiger charge is 2.16. The van der Waals surface area contributed by atoms with Crippen LogP contribution in [0.15, 0.2) is 18.2 Å². The van der Waals surface area contributed by atoms with E-state index < -0.39 is 0 Å². The Morgan fingerprint density at radius 2 is 2.38 bits per heavy atom. The van der Waals surface area contributed by atoms with Crippen LogP contribution in [0.5, 0.6) is 5.75 Å². The second kappa shape index (κ2) is 5.27. The zero-order valence-electron chi connectivity index (χ0n) is 9.12. The lowest BCUT2D eigenvalue weighted by Gasteiger charge is -2.12. The quantitative estimate of drug-likeness (QED) is 0.850. The first-order chi connectivity index (χ1) is 7.79. The van der Waals surface area contributed by atoms with Crippen molar-refractivity contribution in [3.8, 4) is 5.75 Å². The number of benzene rings is 1. The van der Waals surface area contributed by atoms with Crippen LogP contribution >= 0.6 is 0 Å². The van der Waals surface area contributed by atoms with Crippen LogP contribution in [-0.2, 0) is 11.3 Å². The normalized spacial score (nSPS) is 20.0. The summed E-state index contributed by atoms with van der Waals surface area (Å²) in [5, 5.41) is 0. The minimum atomic E-state index is -0.313. The summed E-state index contributed by atoms with van der Waals surface area (Å²) in [6.45, 7) is 1.49.